The third-order valence-electron chi connectivity index (χ3n) is 2.70. The van der Waals surface area contributed by atoms with Gasteiger partial charge in [-0.1, -0.05) is 0 Å². The maximum absolute atomic E-state index is 6.06. The first-order valence-corrected chi connectivity index (χ1v) is 6.85. The smallest absolute Gasteiger partial charge is 0.205 e. The van der Waals surface area contributed by atoms with Gasteiger partial charge in [0.15, 0.2) is 5.82 Å². The predicted molar refractivity (Wildman–Crippen MR) is 72.1 cm³/mol. The van der Waals surface area contributed by atoms with Crippen LogP contribution in [0.5, 0.6) is 0 Å². The van der Waals surface area contributed by atoms with E-state index in [1.807, 2.05) is 0 Å². The summed E-state index contributed by atoms with van der Waals surface area (Å²) in [6.45, 7) is 10.6. The summed E-state index contributed by atoms with van der Waals surface area (Å²) < 4.78 is 15.4. The summed E-state index contributed by atoms with van der Waals surface area (Å²) in [5, 5.41) is 0.950. The van der Waals surface area contributed by atoms with Gasteiger partial charge in [-0.2, -0.15) is 4.37 Å². The quantitative estimate of drug-likeness (QED) is 0.842. The molecule has 0 atom stereocenters. The van der Waals surface area contributed by atoms with Crippen LogP contribution in [-0.2, 0) is 16.1 Å². The average Bonchev–Trinajstić information content (AvgIpc) is 2.62. The van der Waals surface area contributed by atoms with Crippen LogP contribution in [0.1, 0.15) is 33.5 Å². The Hall–Kier alpha value is -0.720. The molecule has 1 aliphatic rings. The maximum atomic E-state index is 6.06. The topological polar surface area (TPSA) is 47.5 Å². The van der Waals surface area contributed by atoms with Crippen molar-refractivity contribution in [1.82, 2.24) is 9.36 Å². The van der Waals surface area contributed by atoms with E-state index in [2.05, 4.69) is 42.0 Å². The molecule has 0 aromatic carbocycles. The molecule has 0 amide bonds. The van der Waals surface area contributed by atoms with Crippen molar-refractivity contribution < 1.29 is 9.47 Å². The molecule has 1 aromatic heterocycles. The van der Waals surface area contributed by atoms with Crippen molar-refractivity contribution >= 4 is 16.7 Å². The second kappa shape index (κ2) is 4.75. The summed E-state index contributed by atoms with van der Waals surface area (Å²) in [6, 6.07) is 0. The molecule has 1 fully saturated rings. The van der Waals surface area contributed by atoms with E-state index in [-0.39, 0.29) is 11.2 Å². The van der Waals surface area contributed by atoms with Crippen molar-refractivity contribution in [3.8, 4) is 0 Å². The van der Waals surface area contributed by atoms with Crippen LogP contribution >= 0.6 is 11.5 Å². The molecule has 0 N–H and O–H groups in total. The second-order valence-electron chi connectivity index (χ2n) is 5.90. The minimum absolute atomic E-state index is 0.172. The Morgan fingerprint density at radius 1 is 1.28 bits per heavy atom. The van der Waals surface area contributed by atoms with Crippen LogP contribution in [0.4, 0.5) is 5.13 Å². The number of ether oxygens (including phenoxy) is 2. The first-order valence-electron chi connectivity index (χ1n) is 6.08. The zero-order valence-corrected chi connectivity index (χ0v) is 12.5. The highest BCUT2D eigenvalue weighted by molar-refractivity contribution is 7.09. The van der Waals surface area contributed by atoms with Crippen LogP contribution in [0.25, 0.3) is 0 Å². The predicted octanol–water partition coefficient (Wildman–Crippen LogP) is 2.08. The molecule has 0 aliphatic carbocycles. The summed E-state index contributed by atoms with van der Waals surface area (Å²) in [6.07, 6.45) is 0. The zero-order chi connectivity index (χ0) is 13.4. The lowest BCUT2D eigenvalue weighted by molar-refractivity contribution is -0.133. The summed E-state index contributed by atoms with van der Waals surface area (Å²) in [7, 11) is 1.65. The fourth-order valence-corrected chi connectivity index (χ4v) is 3.16. The molecule has 18 heavy (non-hydrogen) atoms. The summed E-state index contributed by atoms with van der Waals surface area (Å²) in [5.41, 5.74) is -0.344. The molecule has 0 unspecified atom stereocenters. The Morgan fingerprint density at radius 2 is 1.89 bits per heavy atom. The van der Waals surface area contributed by atoms with Gasteiger partial charge in [0.25, 0.3) is 0 Å². The van der Waals surface area contributed by atoms with Crippen molar-refractivity contribution in [3.05, 3.63) is 5.82 Å². The third-order valence-corrected chi connectivity index (χ3v) is 3.51. The number of anilines is 1. The van der Waals surface area contributed by atoms with Crippen LogP contribution in [0.2, 0.25) is 0 Å². The standard InChI is InChI=1S/C12H21N3O2S/c1-11(2)7-15(8-12(3,4)17-11)10-13-9(6-16-5)14-18-10/h6-8H2,1-5H3. The first kappa shape index (κ1) is 13.7. The second-order valence-corrected chi connectivity index (χ2v) is 6.63. The molecule has 0 spiro atoms. The molecule has 0 bridgehead atoms. The van der Waals surface area contributed by atoms with E-state index < -0.39 is 0 Å². The van der Waals surface area contributed by atoms with Crippen LogP contribution in [0.3, 0.4) is 0 Å². The Labute approximate surface area is 112 Å². The minimum atomic E-state index is -0.172. The van der Waals surface area contributed by atoms with E-state index >= 15 is 0 Å². The Balaban J connectivity index is 2.16. The number of methoxy groups -OCH3 is 1. The Bertz CT molecular complexity index is 401. The van der Waals surface area contributed by atoms with E-state index in [1.54, 1.807) is 7.11 Å². The molecule has 2 rings (SSSR count). The lowest BCUT2D eigenvalue weighted by atomic mass is 9.99. The molecule has 6 heteroatoms. The minimum Gasteiger partial charge on any atom is -0.377 e. The lowest BCUT2D eigenvalue weighted by Crippen LogP contribution is -2.57. The van der Waals surface area contributed by atoms with E-state index in [1.165, 1.54) is 11.5 Å². The van der Waals surface area contributed by atoms with Gasteiger partial charge in [0.2, 0.25) is 5.13 Å². The molecule has 1 aromatic rings. The summed E-state index contributed by atoms with van der Waals surface area (Å²) in [5.74, 6) is 0.750. The average molecular weight is 271 g/mol. The van der Waals surface area contributed by atoms with Gasteiger partial charge in [0.1, 0.15) is 6.61 Å². The fraction of sp³-hybridized carbons (Fsp3) is 0.833. The van der Waals surface area contributed by atoms with Gasteiger partial charge in [0, 0.05) is 31.7 Å². The van der Waals surface area contributed by atoms with E-state index in [4.69, 9.17) is 9.47 Å². The zero-order valence-electron chi connectivity index (χ0n) is 11.7. The third kappa shape index (κ3) is 3.18. The Kier molecular flexibility index (Phi) is 3.62. The van der Waals surface area contributed by atoms with Gasteiger partial charge in [-0.05, 0) is 27.7 Å². The number of hydrogen-bond donors (Lipinski definition) is 0. The molecular weight excluding hydrogens is 250 g/mol. The molecular formula is C12H21N3O2S. The summed E-state index contributed by atoms with van der Waals surface area (Å²) in [4.78, 5) is 6.76. The molecule has 0 saturated carbocycles. The van der Waals surface area contributed by atoms with Gasteiger partial charge < -0.3 is 14.4 Å². The van der Waals surface area contributed by atoms with Gasteiger partial charge in [-0.3, -0.25) is 0 Å². The van der Waals surface area contributed by atoms with Crippen molar-refractivity contribution in [2.24, 2.45) is 0 Å². The highest BCUT2D eigenvalue weighted by atomic mass is 32.1. The Morgan fingerprint density at radius 3 is 2.44 bits per heavy atom. The maximum Gasteiger partial charge on any atom is 0.205 e. The molecule has 102 valence electrons. The number of nitrogens with zero attached hydrogens (tertiary/aromatic N) is 3. The van der Waals surface area contributed by atoms with Gasteiger partial charge in [-0.25, -0.2) is 4.98 Å². The van der Waals surface area contributed by atoms with Crippen LogP contribution in [0.15, 0.2) is 0 Å². The van der Waals surface area contributed by atoms with Crippen LogP contribution in [-0.4, -0.2) is 40.8 Å². The monoisotopic (exact) mass is 271 g/mol. The van der Waals surface area contributed by atoms with E-state index in [0.29, 0.717) is 6.61 Å². The molecule has 1 aliphatic heterocycles. The van der Waals surface area contributed by atoms with E-state index in [0.717, 1.165) is 24.0 Å². The normalized spacial score (nSPS) is 22.2. The van der Waals surface area contributed by atoms with Crippen molar-refractivity contribution in [1.29, 1.82) is 0 Å². The van der Waals surface area contributed by atoms with Crippen molar-refractivity contribution in [2.45, 2.75) is 45.5 Å². The van der Waals surface area contributed by atoms with Gasteiger partial charge in [-0.15, -0.1) is 0 Å². The number of morpholine rings is 1. The largest absolute Gasteiger partial charge is 0.377 e. The molecule has 2 heterocycles. The van der Waals surface area contributed by atoms with Crippen LogP contribution < -0.4 is 4.90 Å². The number of aromatic nitrogens is 2. The number of rotatable bonds is 3. The lowest BCUT2D eigenvalue weighted by Gasteiger charge is -2.46. The van der Waals surface area contributed by atoms with Crippen molar-refractivity contribution in [2.75, 3.05) is 25.1 Å². The first-order chi connectivity index (χ1) is 8.31. The highest BCUT2D eigenvalue weighted by Gasteiger charge is 2.39. The van der Waals surface area contributed by atoms with Crippen molar-refractivity contribution in [3.63, 3.8) is 0 Å². The summed E-state index contributed by atoms with van der Waals surface area (Å²) >= 11 is 1.43. The molecule has 1 saturated heterocycles. The SMILES string of the molecule is COCc1nsc(N2CC(C)(C)OC(C)(C)C2)n1. The van der Waals surface area contributed by atoms with E-state index in [9.17, 15) is 0 Å². The highest BCUT2D eigenvalue weighted by Crippen LogP contribution is 2.32. The van der Waals surface area contributed by atoms with Gasteiger partial charge in [0.05, 0.1) is 11.2 Å². The van der Waals surface area contributed by atoms with Gasteiger partial charge >= 0.3 is 0 Å². The van der Waals surface area contributed by atoms with Crippen LogP contribution in [0, 0.1) is 0 Å². The molecule has 5 nitrogen and oxygen atoms in total. The number of hydrogen-bond acceptors (Lipinski definition) is 6. The molecule has 0 radical (unpaired) electrons. The fourth-order valence-electron chi connectivity index (χ4n) is 2.48.